The van der Waals surface area contributed by atoms with E-state index in [0.717, 1.165) is 67.2 Å². The largest absolute Gasteiger partial charge is 0.493 e. The molecule has 8 aromatic carbocycles. The van der Waals surface area contributed by atoms with Crippen molar-refractivity contribution in [2.75, 3.05) is 66.7 Å². The number of aryl methyl sites for hydroxylation is 2. The van der Waals surface area contributed by atoms with Gasteiger partial charge in [0.05, 0.1) is 13.2 Å². The van der Waals surface area contributed by atoms with E-state index in [1.165, 1.54) is 28.0 Å². The number of likely N-dealkylation sites (N-methyl/N-ethyl adjacent to an activating group) is 2. The van der Waals surface area contributed by atoms with Crippen LogP contribution in [0.1, 0.15) is 218 Å². The molecule has 8 atom stereocenters. The minimum absolute atomic E-state index is 0.0372. The van der Waals surface area contributed by atoms with E-state index in [0.29, 0.717) is 124 Å². The summed E-state index contributed by atoms with van der Waals surface area (Å²) >= 11 is 0. The Labute approximate surface area is 770 Å². The van der Waals surface area contributed by atoms with Gasteiger partial charge in [-0.1, -0.05) is 189 Å². The number of carboxylic acids is 2. The number of fused-ring (bicyclic) bond motifs is 10. The monoisotopic (exact) mass is 1790 g/mol. The van der Waals surface area contributed by atoms with Crippen molar-refractivity contribution in [1.82, 2.24) is 25.8 Å². The molecule has 5 amide bonds. The molecule has 11 N–H and O–H groups in total. The lowest BCUT2D eigenvalue weighted by Crippen LogP contribution is -2.45. The Kier molecular flexibility index (Phi) is 39.2. The second kappa shape index (κ2) is 50.1. The molecule has 2 aliphatic heterocycles. The maximum atomic E-state index is 14.9. The van der Waals surface area contributed by atoms with Crippen LogP contribution in [-0.2, 0) is 68.8 Å². The summed E-state index contributed by atoms with van der Waals surface area (Å²) in [6, 6.07) is 47.4. The van der Waals surface area contributed by atoms with E-state index in [9.17, 15) is 63.0 Å². The molecule has 10 rings (SSSR count). The highest BCUT2D eigenvalue weighted by Gasteiger charge is 2.40. The number of carboxylic acid groups (broad SMARTS) is 2. The molecule has 26 nitrogen and oxygen atoms in total. The topological polar surface area (TPSA) is 395 Å². The van der Waals surface area contributed by atoms with E-state index in [1.54, 1.807) is 139 Å². The number of rotatable bonds is 39. The number of ether oxygens (including phenoxy) is 5. The number of ketones is 4. The number of hydrogen-bond acceptors (Lipinski definition) is 19. The number of unbranched alkanes of at least 4 members (excludes halogenated alkanes) is 3. The van der Waals surface area contributed by atoms with Crippen molar-refractivity contribution in [2.45, 2.75) is 208 Å². The lowest BCUT2D eigenvalue weighted by atomic mass is 9.88. The maximum absolute atomic E-state index is 14.9. The molecule has 0 fully saturated rings. The van der Waals surface area contributed by atoms with Gasteiger partial charge in [0.1, 0.15) is 72.6 Å². The van der Waals surface area contributed by atoms with E-state index in [2.05, 4.69) is 78.3 Å². The smallest absolute Gasteiger partial charge is 0.407 e. The van der Waals surface area contributed by atoms with E-state index in [1.807, 2.05) is 38.1 Å². The van der Waals surface area contributed by atoms with Gasteiger partial charge in [-0.05, 0) is 183 Å². The first-order chi connectivity index (χ1) is 62.8. The summed E-state index contributed by atoms with van der Waals surface area (Å²) in [6.45, 7) is 18.3. The molecule has 0 radical (unpaired) electrons. The highest BCUT2D eigenvalue weighted by atomic mass is 16.6. The third-order valence-corrected chi connectivity index (χ3v) is 23.5. The number of hydrogen-bond donors (Lipinski definition) is 8. The van der Waals surface area contributed by atoms with Crippen LogP contribution in [0.25, 0.3) is 44.5 Å². The zero-order valence-electron chi connectivity index (χ0n) is 77.7. The lowest BCUT2D eigenvalue weighted by Gasteiger charge is -2.32. The van der Waals surface area contributed by atoms with E-state index in [-0.39, 0.29) is 89.5 Å². The van der Waals surface area contributed by atoms with Gasteiger partial charge in [-0.15, -0.1) is 0 Å². The number of Topliss-reactive ketones (excluding diaryl/α,β-unsaturated/α-hetero) is 4. The zero-order valence-corrected chi connectivity index (χ0v) is 77.7. The van der Waals surface area contributed by atoms with Crippen LogP contribution >= 0.6 is 0 Å². The molecule has 0 saturated heterocycles. The van der Waals surface area contributed by atoms with Gasteiger partial charge < -0.3 is 76.8 Å². The molecule has 0 saturated carbocycles. The standard InChI is InChI=1S/C56H71N3O10.C49H61N5O8/c1-9-12-14-37-16-19-39(20-17-37)40-21-23-41(24-22-40)47(60)35-43(15-13-10-2)53(63)59(8)51-42-25-27-50(67-29-11-3)45(34-42)44-32-38(33-46(54(64)65)58-52(62)36(4)31-48(51)61)18-26-49(44)68-30-28-57-55(66)69-56(5,6)7;1-4-5-7-32-9-12-34(13-10-32)35-14-16-36(17-15-35)42(55)30-38(8-6-21-50)48(58)54(3)46-37-18-20-45(62-25-23-52)40(29-37)39-27-33(11-19-44(39)61-24-22-51)28-41(49(59)60)53-47(57)31(2)26-43(46)56/h16-27,32,34,36,43,46,51H,9-15,28-31,33,35H2,1-8H3,(H,57,66)(H,58,62)(H,64,65);9-20,27,29,31,38,41,46H,4-8,21-26,28,30,50-52H2,1-3H3,(H,53,57)(H,59,60)/t36-,43-,46+,51+;31-,38-,41+,46+/m11/s1. The highest BCUT2D eigenvalue weighted by Crippen LogP contribution is 2.44. The van der Waals surface area contributed by atoms with Crippen molar-refractivity contribution in [1.29, 1.82) is 0 Å². The second-order valence-corrected chi connectivity index (χ2v) is 35.1. The fourth-order valence-electron chi connectivity index (χ4n) is 16.3. The summed E-state index contributed by atoms with van der Waals surface area (Å²) in [7, 11) is 3.08. The Bertz CT molecular complexity index is 5220. The van der Waals surface area contributed by atoms with Crippen LogP contribution in [0, 0.1) is 23.7 Å². The molecule has 8 bridgehead atoms. The Balaban J connectivity index is 0.000000297. The minimum atomic E-state index is -1.33. The van der Waals surface area contributed by atoms with Crippen molar-refractivity contribution in [3.63, 3.8) is 0 Å². The molecule has 700 valence electrons. The molecular weight excluding hydrogens is 1660 g/mol. The second-order valence-electron chi connectivity index (χ2n) is 35.1. The maximum Gasteiger partial charge on any atom is 0.407 e. The van der Waals surface area contributed by atoms with Crippen molar-refractivity contribution in [3.05, 3.63) is 214 Å². The number of carbonyl (C=O) groups is 11. The van der Waals surface area contributed by atoms with E-state index in [4.69, 9.17) is 40.9 Å². The Morgan fingerprint density at radius 3 is 1.16 bits per heavy atom. The van der Waals surface area contributed by atoms with Gasteiger partial charge in [-0.25, -0.2) is 14.4 Å². The number of benzene rings is 8. The molecule has 0 unspecified atom stereocenters. The number of nitrogens with zero attached hydrogens (tertiary/aromatic N) is 2. The van der Waals surface area contributed by atoms with Gasteiger partial charge in [0.15, 0.2) is 23.1 Å². The summed E-state index contributed by atoms with van der Waals surface area (Å²) < 4.78 is 30.1. The average Bonchev–Trinajstić information content (AvgIpc) is 0.782. The average molecular weight is 1790 g/mol. The van der Waals surface area contributed by atoms with Crippen LogP contribution in [0.4, 0.5) is 4.79 Å². The third-order valence-electron chi connectivity index (χ3n) is 23.5. The Morgan fingerprint density at radius 2 is 0.802 bits per heavy atom. The van der Waals surface area contributed by atoms with Crippen molar-refractivity contribution in [3.8, 4) is 67.5 Å². The first-order valence-electron chi connectivity index (χ1n) is 46.0. The van der Waals surface area contributed by atoms with Crippen LogP contribution in [0.3, 0.4) is 0 Å². The van der Waals surface area contributed by atoms with Gasteiger partial charge in [0, 0.05) is 123 Å². The predicted molar refractivity (Wildman–Crippen MR) is 507 cm³/mol. The lowest BCUT2D eigenvalue weighted by molar-refractivity contribution is -0.144. The SMILES string of the molecule is CCCCc1ccc(-c2ccc(C(=O)C[C@@H](CCCC)C(=O)N(C)[C@@H]3C(=O)C[C@@H](C)C(=O)N[C@H](C(=O)O)Cc4ccc(OCCNC(=O)OC(C)(C)C)c(c4)-c4cc3ccc4OCCC)cc2)cc1.CCCCc1ccc(-c2ccc(C(=O)C[C@@H](CCCN)C(=O)N(C)[C@@H]3C(=O)C[C@@H](C)C(=O)N[C@H](C(=O)O)Cc4ccc(OCCN)c(c4)-c4cc3ccc4OCCN)cc2)cc1. The van der Waals surface area contributed by atoms with Crippen LogP contribution in [0.5, 0.6) is 23.0 Å². The van der Waals surface area contributed by atoms with Crippen LogP contribution < -0.4 is 52.1 Å². The summed E-state index contributed by atoms with van der Waals surface area (Å²) in [5.74, 6) is -7.67. The molecule has 2 heterocycles. The summed E-state index contributed by atoms with van der Waals surface area (Å²) in [5.41, 5.74) is 28.5. The molecular formula is C105H132N8O18. The van der Waals surface area contributed by atoms with Gasteiger partial charge >= 0.3 is 18.0 Å². The van der Waals surface area contributed by atoms with Gasteiger partial charge in [0.2, 0.25) is 23.6 Å². The highest BCUT2D eigenvalue weighted by molar-refractivity contribution is 6.02. The molecule has 2 aliphatic rings. The van der Waals surface area contributed by atoms with E-state index >= 15 is 0 Å². The minimum Gasteiger partial charge on any atom is -0.493 e. The molecule has 26 heteroatoms. The number of carbonyl (C=O) groups excluding carboxylic acids is 9. The van der Waals surface area contributed by atoms with Crippen LogP contribution in [0.15, 0.2) is 170 Å². The van der Waals surface area contributed by atoms with Crippen LogP contribution in [-0.4, -0.2) is 169 Å². The van der Waals surface area contributed by atoms with Gasteiger partial charge in [0.25, 0.3) is 0 Å². The fraction of sp³-hybridized carbons (Fsp3) is 0.438. The third kappa shape index (κ3) is 29.3. The quantitative estimate of drug-likeness (QED) is 0.0131. The molecule has 0 aliphatic carbocycles. The number of nitrogens with one attached hydrogen (secondary N) is 3. The zero-order chi connectivity index (χ0) is 95.0. The van der Waals surface area contributed by atoms with Crippen molar-refractivity contribution < 1.29 is 86.6 Å². The number of amides is 5. The first kappa shape index (κ1) is 102. The number of nitrogens with two attached hydrogens (primary N) is 3. The normalized spacial score (nSPS) is 16.8. The van der Waals surface area contributed by atoms with Crippen molar-refractivity contribution in [2.24, 2.45) is 40.9 Å². The molecule has 131 heavy (non-hydrogen) atoms. The van der Waals surface area contributed by atoms with E-state index < -0.39 is 107 Å². The first-order valence-corrected chi connectivity index (χ1v) is 46.0. The number of alkyl carbamates (subject to hydrolysis) is 1. The summed E-state index contributed by atoms with van der Waals surface area (Å²) in [4.78, 5) is 154. The van der Waals surface area contributed by atoms with Gasteiger partial charge in [-0.3, -0.25) is 38.4 Å². The fourth-order valence-corrected chi connectivity index (χ4v) is 16.3. The molecule has 0 spiro atoms. The molecule has 8 aromatic rings. The molecule has 0 aromatic heterocycles. The predicted octanol–water partition coefficient (Wildman–Crippen LogP) is 16.2. The van der Waals surface area contributed by atoms with Gasteiger partial charge in [-0.2, -0.15) is 0 Å². The Hall–Kier alpha value is -12.4. The summed E-state index contributed by atoms with van der Waals surface area (Å²) in [5, 5.41) is 28.3. The number of aliphatic carboxylic acids is 2. The summed E-state index contributed by atoms with van der Waals surface area (Å²) in [6.07, 6.45) is 8.37. The Morgan fingerprint density at radius 1 is 0.443 bits per heavy atom. The van der Waals surface area contributed by atoms with Crippen molar-refractivity contribution >= 4 is 64.8 Å². The van der Waals surface area contributed by atoms with Crippen LogP contribution in [0.2, 0.25) is 0 Å².